The topological polar surface area (TPSA) is 48.3 Å². The van der Waals surface area contributed by atoms with Gasteiger partial charge in [0.1, 0.15) is 6.04 Å². The Bertz CT molecular complexity index is 247. The van der Waals surface area contributed by atoms with E-state index in [2.05, 4.69) is 37.1 Å². The molecule has 0 aromatic carbocycles. The van der Waals surface area contributed by atoms with Crippen LogP contribution in [0, 0.1) is 11.3 Å². The molecule has 1 fully saturated rings. The minimum Gasteiger partial charge on any atom is -0.373 e. The van der Waals surface area contributed by atoms with Crippen LogP contribution >= 0.6 is 0 Å². The van der Waals surface area contributed by atoms with Gasteiger partial charge < -0.3 is 10.1 Å². The number of morpholine rings is 1. The smallest absolute Gasteiger partial charge is 0.108 e. The van der Waals surface area contributed by atoms with Gasteiger partial charge in [0.25, 0.3) is 0 Å². The highest BCUT2D eigenvalue weighted by atomic mass is 16.5. The summed E-state index contributed by atoms with van der Waals surface area (Å²) >= 11 is 0. The first-order chi connectivity index (χ1) is 7.57. The molecule has 0 amide bonds. The summed E-state index contributed by atoms with van der Waals surface area (Å²) in [6.45, 7) is 10.6. The Hall–Kier alpha value is -0.630. The summed E-state index contributed by atoms with van der Waals surface area (Å²) in [5, 5.41) is 12.3. The van der Waals surface area contributed by atoms with Crippen molar-refractivity contribution >= 4 is 0 Å². The van der Waals surface area contributed by atoms with Crippen molar-refractivity contribution in [2.24, 2.45) is 0 Å². The van der Waals surface area contributed by atoms with Gasteiger partial charge in [-0.2, -0.15) is 5.26 Å². The van der Waals surface area contributed by atoms with Crippen LogP contribution in [0.1, 0.15) is 27.2 Å². The average Bonchev–Trinajstić information content (AvgIpc) is 2.22. The second kappa shape index (κ2) is 6.19. The highest BCUT2D eigenvalue weighted by Crippen LogP contribution is 2.16. The Morgan fingerprint density at radius 1 is 1.56 bits per heavy atom. The normalized spacial score (nSPS) is 22.6. The monoisotopic (exact) mass is 225 g/mol. The van der Waals surface area contributed by atoms with Gasteiger partial charge in [0.2, 0.25) is 0 Å². The van der Waals surface area contributed by atoms with Crippen LogP contribution in [0.3, 0.4) is 0 Å². The second-order valence-corrected chi connectivity index (χ2v) is 4.98. The van der Waals surface area contributed by atoms with Gasteiger partial charge in [0, 0.05) is 19.6 Å². The van der Waals surface area contributed by atoms with Crippen LogP contribution in [0.15, 0.2) is 0 Å². The molecule has 0 spiro atoms. The van der Waals surface area contributed by atoms with E-state index < -0.39 is 0 Å². The number of nitrogens with zero attached hydrogens (tertiary/aromatic N) is 2. The molecule has 0 radical (unpaired) electrons. The Balaban J connectivity index is 2.37. The van der Waals surface area contributed by atoms with Gasteiger partial charge in [-0.3, -0.25) is 4.90 Å². The Morgan fingerprint density at radius 3 is 2.88 bits per heavy atom. The second-order valence-electron chi connectivity index (χ2n) is 4.98. The molecule has 0 aromatic rings. The van der Waals surface area contributed by atoms with E-state index >= 15 is 0 Å². The summed E-state index contributed by atoms with van der Waals surface area (Å²) in [4.78, 5) is 2.31. The molecule has 1 aliphatic heterocycles. The molecule has 1 heterocycles. The van der Waals surface area contributed by atoms with E-state index in [1.54, 1.807) is 0 Å². The van der Waals surface area contributed by atoms with Crippen LogP contribution in [0.2, 0.25) is 0 Å². The zero-order valence-electron chi connectivity index (χ0n) is 10.6. The lowest BCUT2D eigenvalue weighted by Crippen LogP contribution is -2.52. The van der Waals surface area contributed by atoms with E-state index in [9.17, 15) is 0 Å². The first-order valence-corrected chi connectivity index (χ1v) is 6.06. The first kappa shape index (κ1) is 13.4. The number of ether oxygens (including phenoxy) is 1. The van der Waals surface area contributed by atoms with Crippen LogP contribution in [-0.2, 0) is 4.74 Å². The SMILES string of the molecule is CCCNC(C#N)CN1CCOC(C)(C)C1. The van der Waals surface area contributed by atoms with Crippen LogP contribution in [0.4, 0.5) is 0 Å². The first-order valence-electron chi connectivity index (χ1n) is 6.06. The molecule has 0 saturated carbocycles. The molecule has 4 nitrogen and oxygen atoms in total. The molecule has 4 heteroatoms. The van der Waals surface area contributed by atoms with E-state index in [0.717, 1.165) is 39.2 Å². The van der Waals surface area contributed by atoms with E-state index in [1.807, 2.05) is 0 Å². The van der Waals surface area contributed by atoms with E-state index in [4.69, 9.17) is 10.00 Å². The lowest BCUT2D eigenvalue weighted by Gasteiger charge is -2.38. The molecule has 0 aliphatic carbocycles. The number of hydrogen-bond acceptors (Lipinski definition) is 4. The molecule has 1 atom stereocenters. The largest absolute Gasteiger partial charge is 0.373 e. The van der Waals surface area contributed by atoms with E-state index in [-0.39, 0.29) is 11.6 Å². The predicted octanol–water partition coefficient (Wildman–Crippen LogP) is 0.989. The van der Waals surface area contributed by atoms with E-state index in [0.29, 0.717) is 0 Å². The highest BCUT2D eigenvalue weighted by Gasteiger charge is 2.28. The fraction of sp³-hybridized carbons (Fsp3) is 0.917. The van der Waals surface area contributed by atoms with Crippen molar-refractivity contribution in [3.8, 4) is 6.07 Å². The van der Waals surface area contributed by atoms with Crippen LogP contribution in [0.25, 0.3) is 0 Å². The van der Waals surface area contributed by atoms with Gasteiger partial charge in [-0.05, 0) is 26.8 Å². The third-order valence-electron chi connectivity index (χ3n) is 2.74. The van der Waals surface area contributed by atoms with Gasteiger partial charge in [-0.15, -0.1) is 0 Å². The van der Waals surface area contributed by atoms with Crippen LogP contribution < -0.4 is 5.32 Å². The maximum absolute atomic E-state index is 9.04. The molecule has 1 saturated heterocycles. The Morgan fingerprint density at radius 2 is 2.31 bits per heavy atom. The zero-order chi connectivity index (χ0) is 12.0. The lowest BCUT2D eigenvalue weighted by molar-refractivity contribution is -0.0865. The minimum atomic E-state index is -0.0803. The van der Waals surface area contributed by atoms with Gasteiger partial charge in [-0.1, -0.05) is 6.92 Å². The zero-order valence-corrected chi connectivity index (χ0v) is 10.6. The third kappa shape index (κ3) is 4.48. The number of nitrogens with one attached hydrogen (secondary N) is 1. The van der Waals surface area contributed by atoms with Crippen molar-refractivity contribution in [1.29, 1.82) is 5.26 Å². The lowest BCUT2D eigenvalue weighted by atomic mass is 10.1. The molecule has 92 valence electrons. The standard InChI is InChI=1S/C12H23N3O/c1-4-5-14-11(8-13)9-15-6-7-16-12(2,3)10-15/h11,14H,4-7,9-10H2,1-3H3. The van der Waals surface area contributed by atoms with Crippen molar-refractivity contribution in [2.45, 2.75) is 38.8 Å². The van der Waals surface area contributed by atoms with E-state index in [1.165, 1.54) is 0 Å². The number of rotatable bonds is 5. The predicted molar refractivity (Wildman–Crippen MR) is 64.2 cm³/mol. The van der Waals surface area contributed by atoms with Crippen molar-refractivity contribution in [3.63, 3.8) is 0 Å². The number of nitriles is 1. The molecule has 1 aliphatic rings. The minimum absolute atomic E-state index is 0.0613. The van der Waals surface area contributed by atoms with Crippen LogP contribution in [-0.4, -0.2) is 49.3 Å². The summed E-state index contributed by atoms with van der Waals surface area (Å²) in [6, 6.07) is 2.26. The summed E-state index contributed by atoms with van der Waals surface area (Å²) < 4.78 is 5.65. The fourth-order valence-electron chi connectivity index (χ4n) is 2.00. The molecule has 1 N–H and O–H groups in total. The van der Waals surface area contributed by atoms with Crippen LogP contribution in [0.5, 0.6) is 0 Å². The average molecular weight is 225 g/mol. The maximum atomic E-state index is 9.04. The molecule has 0 aromatic heterocycles. The quantitative estimate of drug-likeness (QED) is 0.758. The van der Waals surface area contributed by atoms with Gasteiger partial charge in [0.15, 0.2) is 0 Å². The summed E-state index contributed by atoms with van der Waals surface area (Å²) in [5.41, 5.74) is -0.0803. The fourth-order valence-corrected chi connectivity index (χ4v) is 2.00. The van der Waals surface area contributed by atoms with Gasteiger partial charge >= 0.3 is 0 Å². The maximum Gasteiger partial charge on any atom is 0.108 e. The molecular weight excluding hydrogens is 202 g/mol. The van der Waals surface area contributed by atoms with Crippen molar-refractivity contribution in [3.05, 3.63) is 0 Å². The molecule has 0 bridgehead atoms. The van der Waals surface area contributed by atoms with Crippen molar-refractivity contribution < 1.29 is 4.74 Å². The summed E-state index contributed by atoms with van der Waals surface area (Å²) in [5.74, 6) is 0. The van der Waals surface area contributed by atoms with Crippen molar-refractivity contribution in [1.82, 2.24) is 10.2 Å². The number of hydrogen-bond donors (Lipinski definition) is 1. The Labute approximate surface area is 98.6 Å². The molecule has 1 unspecified atom stereocenters. The molecular formula is C12H23N3O. The molecule has 16 heavy (non-hydrogen) atoms. The third-order valence-corrected chi connectivity index (χ3v) is 2.74. The molecule has 1 rings (SSSR count). The highest BCUT2D eigenvalue weighted by molar-refractivity contribution is 4.93. The van der Waals surface area contributed by atoms with Gasteiger partial charge in [0.05, 0.1) is 18.3 Å². The van der Waals surface area contributed by atoms with Crippen molar-refractivity contribution in [2.75, 3.05) is 32.8 Å². The summed E-state index contributed by atoms with van der Waals surface area (Å²) in [6.07, 6.45) is 1.06. The van der Waals surface area contributed by atoms with Gasteiger partial charge in [-0.25, -0.2) is 0 Å². The summed E-state index contributed by atoms with van der Waals surface area (Å²) in [7, 11) is 0. The Kier molecular flexibility index (Phi) is 5.20.